The molecule has 4 nitrogen and oxygen atoms in total. The molecule has 3 rings (SSSR count). The normalized spacial score (nSPS) is 12.4. The third kappa shape index (κ3) is 2.97. The number of carbonyl (C=O) groups excluding carboxylic acids is 1. The summed E-state index contributed by atoms with van der Waals surface area (Å²) >= 11 is 1.58. The molecule has 1 aromatic carbocycles. The topological polar surface area (TPSA) is 57.8 Å². The lowest BCUT2D eigenvalue weighted by Gasteiger charge is -2.14. The number of carbonyl (C=O) groups is 1. The molecule has 0 aliphatic heterocycles. The van der Waals surface area contributed by atoms with Crippen LogP contribution in [0.3, 0.4) is 0 Å². The zero-order valence-electron chi connectivity index (χ0n) is 11.8. The number of fused-ring (bicyclic) bond motifs is 1. The van der Waals surface area contributed by atoms with E-state index in [1.807, 2.05) is 35.8 Å². The van der Waals surface area contributed by atoms with Crippen molar-refractivity contribution in [1.29, 1.82) is 0 Å². The highest BCUT2D eigenvalue weighted by Crippen LogP contribution is 2.21. The molecule has 0 saturated heterocycles. The molecule has 1 amide bonds. The first-order chi connectivity index (χ1) is 10.3. The molecule has 1 atom stereocenters. The van der Waals surface area contributed by atoms with E-state index < -0.39 is 0 Å². The maximum absolute atomic E-state index is 12.3. The zero-order valence-corrected chi connectivity index (χ0v) is 12.6. The van der Waals surface area contributed by atoms with Gasteiger partial charge in [0.05, 0.1) is 12.5 Å². The van der Waals surface area contributed by atoms with Gasteiger partial charge in [0.2, 0.25) is 5.91 Å². The van der Waals surface area contributed by atoms with Crippen molar-refractivity contribution in [2.75, 3.05) is 0 Å². The van der Waals surface area contributed by atoms with Crippen molar-refractivity contribution in [3.05, 3.63) is 52.6 Å². The Morgan fingerprint density at radius 1 is 1.43 bits per heavy atom. The fourth-order valence-electron chi connectivity index (χ4n) is 2.44. The van der Waals surface area contributed by atoms with E-state index in [4.69, 9.17) is 0 Å². The molecule has 2 aromatic heterocycles. The minimum Gasteiger partial charge on any atom is -0.361 e. The molecule has 0 bridgehead atoms. The van der Waals surface area contributed by atoms with Crippen LogP contribution in [-0.2, 0) is 11.2 Å². The lowest BCUT2D eigenvalue weighted by atomic mass is 10.1. The van der Waals surface area contributed by atoms with E-state index in [0.717, 1.165) is 27.9 Å². The number of thiazole rings is 1. The monoisotopic (exact) mass is 299 g/mol. The van der Waals surface area contributed by atoms with Crippen LogP contribution in [0.5, 0.6) is 0 Å². The van der Waals surface area contributed by atoms with Crippen molar-refractivity contribution < 1.29 is 4.79 Å². The van der Waals surface area contributed by atoms with Gasteiger partial charge in [-0.25, -0.2) is 4.98 Å². The molecule has 2 heterocycles. The van der Waals surface area contributed by atoms with Gasteiger partial charge in [-0.05, 0) is 18.1 Å². The Bertz CT molecular complexity index is 733. The first-order valence-corrected chi connectivity index (χ1v) is 7.89. The Balaban J connectivity index is 1.71. The smallest absolute Gasteiger partial charge is 0.225 e. The Morgan fingerprint density at radius 3 is 3.05 bits per heavy atom. The van der Waals surface area contributed by atoms with Crippen molar-refractivity contribution in [3.63, 3.8) is 0 Å². The highest BCUT2D eigenvalue weighted by molar-refractivity contribution is 7.09. The minimum absolute atomic E-state index is 0.00251. The third-order valence-electron chi connectivity index (χ3n) is 3.52. The molecule has 0 saturated carbocycles. The summed E-state index contributed by atoms with van der Waals surface area (Å²) in [6.07, 6.45) is 4.90. The number of hydrogen-bond donors (Lipinski definition) is 2. The summed E-state index contributed by atoms with van der Waals surface area (Å²) in [5.41, 5.74) is 2.09. The molecule has 0 radical (unpaired) electrons. The van der Waals surface area contributed by atoms with Gasteiger partial charge in [0, 0.05) is 28.7 Å². The molecule has 0 aliphatic rings. The second-order valence-corrected chi connectivity index (χ2v) is 5.86. The number of aromatic amines is 1. The summed E-state index contributed by atoms with van der Waals surface area (Å²) in [5, 5.41) is 7.07. The molecular weight excluding hydrogens is 282 g/mol. The number of nitrogens with one attached hydrogen (secondary N) is 2. The van der Waals surface area contributed by atoms with Crippen molar-refractivity contribution in [3.8, 4) is 0 Å². The van der Waals surface area contributed by atoms with Gasteiger partial charge in [0.15, 0.2) is 0 Å². The highest BCUT2D eigenvalue weighted by atomic mass is 32.1. The third-order valence-corrected chi connectivity index (χ3v) is 4.41. The van der Waals surface area contributed by atoms with Crippen LogP contribution in [0.2, 0.25) is 0 Å². The van der Waals surface area contributed by atoms with Crippen molar-refractivity contribution in [2.24, 2.45) is 0 Å². The summed E-state index contributed by atoms with van der Waals surface area (Å²) in [6, 6.07) is 8.02. The molecule has 0 fully saturated rings. The summed E-state index contributed by atoms with van der Waals surface area (Å²) in [5.74, 6) is 0.0294. The summed E-state index contributed by atoms with van der Waals surface area (Å²) in [6.45, 7) is 2.05. The van der Waals surface area contributed by atoms with Gasteiger partial charge in [-0.1, -0.05) is 25.1 Å². The number of para-hydroxylation sites is 1. The van der Waals surface area contributed by atoms with Gasteiger partial charge in [-0.3, -0.25) is 4.79 Å². The Labute approximate surface area is 127 Å². The average Bonchev–Trinajstić information content (AvgIpc) is 3.15. The SMILES string of the molecule is CCC(NC(=O)Cc1c[nH]c2ccccc12)c1nccs1. The lowest BCUT2D eigenvalue weighted by Crippen LogP contribution is -2.29. The fourth-order valence-corrected chi connectivity index (χ4v) is 3.21. The van der Waals surface area contributed by atoms with Crippen LogP contribution in [0.4, 0.5) is 0 Å². The van der Waals surface area contributed by atoms with Gasteiger partial charge in [0.25, 0.3) is 0 Å². The molecule has 108 valence electrons. The standard InChI is InChI=1S/C16H17N3OS/c1-2-13(16-17-7-8-21-16)19-15(20)9-11-10-18-14-6-4-3-5-12(11)14/h3-8,10,13,18H,2,9H2,1H3,(H,19,20). The van der Waals surface area contributed by atoms with E-state index in [9.17, 15) is 4.79 Å². The van der Waals surface area contributed by atoms with E-state index in [1.54, 1.807) is 17.5 Å². The minimum atomic E-state index is 0.00251. The maximum atomic E-state index is 12.3. The van der Waals surface area contributed by atoms with Crippen molar-refractivity contribution in [2.45, 2.75) is 25.8 Å². The van der Waals surface area contributed by atoms with E-state index >= 15 is 0 Å². The largest absolute Gasteiger partial charge is 0.361 e. The first kappa shape index (κ1) is 13.8. The Hall–Kier alpha value is -2.14. The van der Waals surface area contributed by atoms with Gasteiger partial charge in [0.1, 0.15) is 5.01 Å². The number of rotatable bonds is 5. The second-order valence-electron chi connectivity index (χ2n) is 4.93. The van der Waals surface area contributed by atoms with Crippen LogP contribution >= 0.6 is 11.3 Å². The number of hydrogen-bond acceptors (Lipinski definition) is 3. The van der Waals surface area contributed by atoms with Gasteiger partial charge < -0.3 is 10.3 Å². The van der Waals surface area contributed by atoms with E-state index in [-0.39, 0.29) is 11.9 Å². The number of amides is 1. The molecule has 0 aliphatic carbocycles. The van der Waals surface area contributed by atoms with E-state index in [0.29, 0.717) is 6.42 Å². The molecule has 1 unspecified atom stereocenters. The van der Waals surface area contributed by atoms with Crippen LogP contribution in [0.25, 0.3) is 10.9 Å². The Morgan fingerprint density at radius 2 is 2.29 bits per heavy atom. The highest BCUT2D eigenvalue weighted by Gasteiger charge is 2.16. The maximum Gasteiger partial charge on any atom is 0.225 e. The fraction of sp³-hybridized carbons (Fsp3) is 0.250. The molecule has 5 heteroatoms. The van der Waals surface area contributed by atoms with Crippen molar-refractivity contribution in [1.82, 2.24) is 15.3 Å². The predicted octanol–water partition coefficient (Wildman–Crippen LogP) is 3.43. The van der Waals surface area contributed by atoms with Crippen LogP contribution < -0.4 is 5.32 Å². The second kappa shape index (κ2) is 6.10. The van der Waals surface area contributed by atoms with Crippen LogP contribution in [-0.4, -0.2) is 15.9 Å². The average molecular weight is 299 g/mol. The van der Waals surface area contributed by atoms with Crippen LogP contribution in [0, 0.1) is 0 Å². The Kier molecular flexibility index (Phi) is 4.01. The zero-order chi connectivity index (χ0) is 14.7. The van der Waals surface area contributed by atoms with E-state index in [1.165, 1.54) is 0 Å². The summed E-state index contributed by atoms with van der Waals surface area (Å²) in [4.78, 5) is 19.8. The molecule has 21 heavy (non-hydrogen) atoms. The number of H-pyrrole nitrogens is 1. The van der Waals surface area contributed by atoms with Crippen molar-refractivity contribution >= 4 is 28.1 Å². The molecule has 3 aromatic rings. The number of aromatic nitrogens is 2. The number of benzene rings is 1. The van der Waals surface area contributed by atoms with Gasteiger partial charge in [-0.15, -0.1) is 11.3 Å². The van der Waals surface area contributed by atoms with Gasteiger partial charge >= 0.3 is 0 Å². The van der Waals surface area contributed by atoms with E-state index in [2.05, 4.69) is 22.2 Å². The lowest BCUT2D eigenvalue weighted by molar-refractivity contribution is -0.121. The molecular formula is C16H17N3OS. The molecule has 0 spiro atoms. The van der Waals surface area contributed by atoms with Crippen LogP contribution in [0.1, 0.15) is 30.0 Å². The first-order valence-electron chi connectivity index (χ1n) is 7.01. The van der Waals surface area contributed by atoms with Crippen LogP contribution in [0.15, 0.2) is 42.0 Å². The predicted molar refractivity (Wildman–Crippen MR) is 85.3 cm³/mol. The summed E-state index contributed by atoms with van der Waals surface area (Å²) < 4.78 is 0. The molecule has 2 N–H and O–H groups in total. The quantitative estimate of drug-likeness (QED) is 0.758. The summed E-state index contributed by atoms with van der Waals surface area (Å²) in [7, 11) is 0. The number of nitrogens with zero attached hydrogens (tertiary/aromatic N) is 1. The van der Waals surface area contributed by atoms with Gasteiger partial charge in [-0.2, -0.15) is 0 Å².